The highest BCUT2D eigenvalue weighted by Crippen LogP contribution is 2.29. The van der Waals surface area contributed by atoms with Crippen molar-refractivity contribution in [2.24, 2.45) is 0 Å². The minimum atomic E-state index is -0.195. The molecule has 0 spiro atoms. The molecule has 1 aromatic carbocycles. The number of nitrogens with zero attached hydrogens (tertiary/aromatic N) is 5. The van der Waals surface area contributed by atoms with Crippen molar-refractivity contribution >= 4 is 5.82 Å². The molecule has 3 heterocycles. The van der Waals surface area contributed by atoms with Gasteiger partial charge in [-0.1, -0.05) is 25.1 Å². The molecule has 1 saturated heterocycles. The molecule has 1 aliphatic heterocycles. The Bertz CT molecular complexity index is 978. The normalized spacial score (nSPS) is 17.3. The molecule has 1 fully saturated rings. The minimum absolute atomic E-state index is 0.165. The van der Waals surface area contributed by atoms with Gasteiger partial charge in [0.2, 0.25) is 0 Å². The minimum Gasteiger partial charge on any atom is -0.356 e. The van der Waals surface area contributed by atoms with Crippen LogP contribution in [0.4, 0.5) is 5.82 Å². The highest BCUT2D eigenvalue weighted by atomic mass is 16.1. The SMILES string of the molecule is CCc1cc(N2CCCC(c3n[nH]c(=O)n3-c3ccccc3)C2)nc(C)n1. The smallest absolute Gasteiger partial charge is 0.347 e. The molecular formula is C20H24N6O. The number of para-hydroxylation sites is 1. The standard InChI is InChI=1S/C20H24N6O/c1-3-16-12-18(22-14(2)21-16)25-11-7-8-15(13-25)19-23-24-20(27)26(19)17-9-5-4-6-10-17/h4-6,9-10,12,15H,3,7-8,11,13H2,1-2H3,(H,24,27). The van der Waals surface area contributed by atoms with E-state index in [9.17, 15) is 4.79 Å². The summed E-state index contributed by atoms with van der Waals surface area (Å²) < 4.78 is 1.69. The second-order valence-corrected chi connectivity index (χ2v) is 6.96. The second-order valence-electron chi connectivity index (χ2n) is 6.96. The van der Waals surface area contributed by atoms with Crippen LogP contribution in [0.2, 0.25) is 0 Å². The molecule has 7 heteroatoms. The van der Waals surface area contributed by atoms with Gasteiger partial charge in [-0.15, -0.1) is 0 Å². The Morgan fingerprint density at radius 1 is 1.22 bits per heavy atom. The summed E-state index contributed by atoms with van der Waals surface area (Å²) >= 11 is 0. The number of H-pyrrole nitrogens is 1. The van der Waals surface area contributed by atoms with Crippen LogP contribution in [-0.2, 0) is 6.42 Å². The number of nitrogens with one attached hydrogen (secondary N) is 1. The van der Waals surface area contributed by atoms with E-state index in [4.69, 9.17) is 0 Å². The lowest BCUT2D eigenvalue weighted by atomic mass is 9.97. The molecule has 0 amide bonds. The summed E-state index contributed by atoms with van der Waals surface area (Å²) in [7, 11) is 0. The van der Waals surface area contributed by atoms with E-state index >= 15 is 0 Å². The molecule has 1 N–H and O–H groups in total. The van der Waals surface area contributed by atoms with Gasteiger partial charge in [0, 0.05) is 30.8 Å². The molecule has 4 rings (SSSR count). The van der Waals surface area contributed by atoms with Gasteiger partial charge in [-0.05, 0) is 38.3 Å². The zero-order chi connectivity index (χ0) is 18.8. The van der Waals surface area contributed by atoms with E-state index in [-0.39, 0.29) is 11.6 Å². The van der Waals surface area contributed by atoms with Gasteiger partial charge < -0.3 is 4.90 Å². The summed E-state index contributed by atoms with van der Waals surface area (Å²) in [5.41, 5.74) is 1.70. The maximum atomic E-state index is 12.4. The van der Waals surface area contributed by atoms with Gasteiger partial charge in [0.15, 0.2) is 0 Å². The van der Waals surface area contributed by atoms with Crippen LogP contribution in [0.5, 0.6) is 0 Å². The van der Waals surface area contributed by atoms with Gasteiger partial charge >= 0.3 is 5.69 Å². The molecule has 3 aromatic rings. The molecular weight excluding hydrogens is 340 g/mol. The molecule has 1 atom stereocenters. The summed E-state index contributed by atoms with van der Waals surface area (Å²) in [6, 6.07) is 11.7. The Morgan fingerprint density at radius 3 is 2.81 bits per heavy atom. The van der Waals surface area contributed by atoms with Crippen LogP contribution < -0.4 is 10.6 Å². The highest BCUT2D eigenvalue weighted by molar-refractivity contribution is 5.41. The van der Waals surface area contributed by atoms with E-state index in [0.717, 1.165) is 61.2 Å². The number of piperidine rings is 1. The summed E-state index contributed by atoms with van der Waals surface area (Å²) in [4.78, 5) is 23.8. The van der Waals surface area contributed by atoms with Gasteiger partial charge in [0.1, 0.15) is 17.5 Å². The summed E-state index contributed by atoms with van der Waals surface area (Å²) in [5.74, 6) is 2.72. The summed E-state index contributed by atoms with van der Waals surface area (Å²) in [6.07, 6.45) is 2.92. The van der Waals surface area contributed by atoms with Crippen molar-refractivity contribution in [3.05, 3.63) is 64.2 Å². The predicted molar refractivity (Wildman–Crippen MR) is 105 cm³/mol. The molecule has 0 aliphatic carbocycles. The van der Waals surface area contributed by atoms with Crippen LogP contribution in [0.15, 0.2) is 41.2 Å². The molecule has 0 radical (unpaired) electrons. The number of rotatable bonds is 4. The maximum absolute atomic E-state index is 12.4. The molecule has 2 aromatic heterocycles. The number of benzene rings is 1. The van der Waals surface area contributed by atoms with Crippen molar-refractivity contribution in [3.8, 4) is 5.69 Å². The molecule has 140 valence electrons. The summed E-state index contributed by atoms with van der Waals surface area (Å²) in [5, 5.41) is 6.99. The van der Waals surface area contributed by atoms with Crippen LogP contribution in [0, 0.1) is 6.92 Å². The lowest BCUT2D eigenvalue weighted by molar-refractivity contribution is 0.482. The first-order valence-electron chi connectivity index (χ1n) is 9.48. The van der Waals surface area contributed by atoms with Gasteiger partial charge in [0.25, 0.3) is 0 Å². The zero-order valence-electron chi connectivity index (χ0n) is 15.7. The summed E-state index contributed by atoms with van der Waals surface area (Å²) in [6.45, 7) is 5.78. The molecule has 1 unspecified atom stereocenters. The fourth-order valence-electron chi connectivity index (χ4n) is 3.76. The highest BCUT2D eigenvalue weighted by Gasteiger charge is 2.27. The van der Waals surface area contributed by atoms with E-state index < -0.39 is 0 Å². The lowest BCUT2D eigenvalue weighted by Crippen LogP contribution is -2.36. The van der Waals surface area contributed by atoms with Crippen molar-refractivity contribution in [1.82, 2.24) is 24.7 Å². The fraction of sp³-hybridized carbons (Fsp3) is 0.400. The Balaban J connectivity index is 1.65. The molecule has 0 saturated carbocycles. The first-order valence-corrected chi connectivity index (χ1v) is 9.48. The van der Waals surface area contributed by atoms with Crippen LogP contribution in [0.3, 0.4) is 0 Å². The number of aromatic amines is 1. The number of anilines is 1. The fourth-order valence-corrected chi connectivity index (χ4v) is 3.76. The average Bonchev–Trinajstić information content (AvgIpc) is 3.09. The van der Waals surface area contributed by atoms with Crippen molar-refractivity contribution < 1.29 is 0 Å². The first-order chi connectivity index (χ1) is 13.2. The van der Waals surface area contributed by atoms with Crippen LogP contribution in [0.1, 0.15) is 43.0 Å². The molecule has 0 bridgehead atoms. The van der Waals surface area contributed by atoms with Gasteiger partial charge in [-0.25, -0.2) is 24.4 Å². The topological polar surface area (TPSA) is 79.7 Å². The second kappa shape index (κ2) is 7.34. The largest absolute Gasteiger partial charge is 0.356 e. The lowest BCUT2D eigenvalue weighted by Gasteiger charge is -2.33. The number of aryl methyl sites for hydroxylation is 2. The van der Waals surface area contributed by atoms with E-state index in [1.807, 2.05) is 37.3 Å². The zero-order valence-corrected chi connectivity index (χ0v) is 15.7. The Morgan fingerprint density at radius 2 is 2.04 bits per heavy atom. The Kier molecular flexibility index (Phi) is 4.75. The predicted octanol–water partition coefficient (Wildman–Crippen LogP) is 2.61. The molecule has 27 heavy (non-hydrogen) atoms. The van der Waals surface area contributed by atoms with Gasteiger partial charge in [-0.2, -0.15) is 5.10 Å². The van der Waals surface area contributed by atoms with Crippen LogP contribution in [0.25, 0.3) is 5.69 Å². The van der Waals surface area contributed by atoms with Crippen molar-refractivity contribution in [3.63, 3.8) is 0 Å². The molecule has 7 nitrogen and oxygen atoms in total. The van der Waals surface area contributed by atoms with Crippen molar-refractivity contribution in [2.75, 3.05) is 18.0 Å². The van der Waals surface area contributed by atoms with Crippen molar-refractivity contribution in [2.45, 2.75) is 39.0 Å². The van der Waals surface area contributed by atoms with Crippen LogP contribution >= 0.6 is 0 Å². The van der Waals surface area contributed by atoms with E-state index in [2.05, 4.69) is 38.1 Å². The Hall–Kier alpha value is -2.96. The number of hydrogen-bond acceptors (Lipinski definition) is 5. The quantitative estimate of drug-likeness (QED) is 0.770. The third-order valence-corrected chi connectivity index (χ3v) is 5.06. The first kappa shape index (κ1) is 17.5. The van der Waals surface area contributed by atoms with Crippen molar-refractivity contribution in [1.29, 1.82) is 0 Å². The Labute approximate surface area is 158 Å². The van der Waals surface area contributed by atoms with Crippen LogP contribution in [-0.4, -0.2) is 37.8 Å². The van der Waals surface area contributed by atoms with Gasteiger partial charge in [-0.3, -0.25) is 0 Å². The third-order valence-electron chi connectivity index (χ3n) is 5.06. The molecule has 1 aliphatic rings. The third kappa shape index (κ3) is 3.49. The number of hydrogen-bond donors (Lipinski definition) is 1. The van der Waals surface area contributed by atoms with Gasteiger partial charge in [0.05, 0.1) is 5.69 Å². The monoisotopic (exact) mass is 364 g/mol. The van der Waals surface area contributed by atoms with E-state index in [1.165, 1.54) is 0 Å². The number of aromatic nitrogens is 5. The average molecular weight is 364 g/mol. The maximum Gasteiger partial charge on any atom is 0.347 e. The van der Waals surface area contributed by atoms with E-state index in [0.29, 0.717) is 0 Å². The van der Waals surface area contributed by atoms with E-state index in [1.54, 1.807) is 4.57 Å².